The molecule has 0 saturated heterocycles. The fourth-order valence-electron chi connectivity index (χ4n) is 4.11. The standard InChI is InChI=1S/C32H31N/c1-4-12-29(27-13-7-5-8-14-27)23-26(3)33(31-21-19-25(2)20-22-31)32-18-11-17-30(24-32)28-15-9-6-10-16-28/h5-24H,4H2,1-3H3. The molecule has 0 aliphatic carbocycles. The van der Waals surface area contributed by atoms with Crippen LogP contribution in [0.2, 0.25) is 0 Å². The maximum Gasteiger partial charge on any atom is 0.0464 e. The molecule has 0 bridgehead atoms. The Hall–Kier alpha value is -3.84. The summed E-state index contributed by atoms with van der Waals surface area (Å²) in [6.45, 7) is 6.51. The van der Waals surface area contributed by atoms with Crippen molar-refractivity contribution in [3.63, 3.8) is 0 Å². The zero-order valence-electron chi connectivity index (χ0n) is 19.7. The first kappa shape index (κ1) is 22.4. The van der Waals surface area contributed by atoms with E-state index in [4.69, 9.17) is 0 Å². The maximum absolute atomic E-state index is 2.35. The summed E-state index contributed by atoms with van der Waals surface area (Å²) in [6, 6.07) is 38.7. The number of allylic oxidation sites excluding steroid dienone is 4. The van der Waals surface area contributed by atoms with Crippen molar-refractivity contribution in [3.8, 4) is 11.1 Å². The molecule has 0 N–H and O–H groups in total. The number of nitrogens with zero attached hydrogens (tertiary/aromatic N) is 1. The number of aryl methyl sites for hydroxylation is 1. The van der Waals surface area contributed by atoms with E-state index in [1.807, 2.05) is 0 Å². The molecule has 0 saturated carbocycles. The van der Waals surface area contributed by atoms with Gasteiger partial charge in [-0.15, -0.1) is 0 Å². The second-order valence-electron chi connectivity index (χ2n) is 8.31. The van der Waals surface area contributed by atoms with Crippen molar-refractivity contribution in [3.05, 3.63) is 138 Å². The van der Waals surface area contributed by atoms with Crippen LogP contribution in [-0.4, -0.2) is 0 Å². The van der Waals surface area contributed by atoms with Crippen molar-refractivity contribution in [1.82, 2.24) is 0 Å². The summed E-state index contributed by atoms with van der Waals surface area (Å²) in [4.78, 5) is 2.35. The molecule has 1 nitrogen and oxygen atoms in total. The van der Waals surface area contributed by atoms with Gasteiger partial charge in [0, 0.05) is 17.1 Å². The Balaban J connectivity index is 1.82. The van der Waals surface area contributed by atoms with Gasteiger partial charge in [0.15, 0.2) is 0 Å². The Labute approximate surface area is 198 Å². The SMILES string of the molecule is CCC=C(C=C(C)N(c1ccc(C)cc1)c1cccc(-c2ccccc2)c1)c1ccccc1. The average molecular weight is 430 g/mol. The monoisotopic (exact) mass is 429 g/mol. The van der Waals surface area contributed by atoms with Crippen LogP contribution in [0.4, 0.5) is 11.4 Å². The van der Waals surface area contributed by atoms with Crippen molar-refractivity contribution < 1.29 is 0 Å². The second kappa shape index (κ2) is 10.7. The summed E-state index contributed by atoms with van der Waals surface area (Å²) in [5, 5.41) is 0. The molecule has 0 heterocycles. The lowest BCUT2D eigenvalue weighted by Gasteiger charge is -2.27. The lowest BCUT2D eigenvalue weighted by molar-refractivity contribution is 1.15. The Morgan fingerprint density at radius 2 is 1.33 bits per heavy atom. The van der Waals surface area contributed by atoms with Gasteiger partial charge in [-0.2, -0.15) is 0 Å². The molecule has 0 unspecified atom stereocenters. The van der Waals surface area contributed by atoms with Crippen LogP contribution >= 0.6 is 0 Å². The zero-order valence-corrected chi connectivity index (χ0v) is 19.7. The molecule has 4 aromatic carbocycles. The number of hydrogen-bond donors (Lipinski definition) is 0. The summed E-state index contributed by atoms with van der Waals surface area (Å²) in [6.07, 6.45) is 5.59. The molecule has 1 heteroatoms. The number of hydrogen-bond acceptors (Lipinski definition) is 1. The molecule has 33 heavy (non-hydrogen) atoms. The topological polar surface area (TPSA) is 3.24 Å². The van der Waals surface area contributed by atoms with Gasteiger partial charge in [0.2, 0.25) is 0 Å². The second-order valence-corrected chi connectivity index (χ2v) is 8.31. The molecule has 0 fully saturated rings. The smallest absolute Gasteiger partial charge is 0.0464 e. The zero-order chi connectivity index (χ0) is 23.0. The van der Waals surface area contributed by atoms with E-state index in [9.17, 15) is 0 Å². The fraction of sp³-hybridized carbons (Fsp3) is 0.125. The van der Waals surface area contributed by atoms with E-state index in [1.54, 1.807) is 0 Å². The maximum atomic E-state index is 2.35. The van der Waals surface area contributed by atoms with Crippen LogP contribution in [0.25, 0.3) is 16.7 Å². The Kier molecular flexibility index (Phi) is 7.22. The molecule has 0 atom stereocenters. The van der Waals surface area contributed by atoms with E-state index in [0.29, 0.717) is 0 Å². The molecule has 4 rings (SSSR count). The lowest BCUT2D eigenvalue weighted by Crippen LogP contribution is -2.14. The summed E-state index contributed by atoms with van der Waals surface area (Å²) >= 11 is 0. The predicted molar refractivity (Wildman–Crippen MR) is 144 cm³/mol. The highest BCUT2D eigenvalue weighted by molar-refractivity contribution is 5.79. The molecule has 0 aromatic heterocycles. The molecule has 0 spiro atoms. The molecular formula is C32H31N. The molecule has 4 aromatic rings. The van der Waals surface area contributed by atoms with Crippen LogP contribution in [0.5, 0.6) is 0 Å². The van der Waals surface area contributed by atoms with Crippen molar-refractivity contribution in [2.24, 2.45) is 0 Å². The van der Waals surface area contributed by atoms with Crippen molar-refractivity contribution in [2.75, 3.05) is 4.90 Å². The summed E-state index contributed by atoms with van der Waals surface area (Å²) in [5.74, 6) is 0. The number of benzene rings is 4. The summed E-state index contributed by atoms with van der Waals surface area (Å²) < 4.78 is 0. The van der Waals surface area contributed by atoms with Gasteiger partial charge in [-0.3, -0.25) is 0 Å². The van der Waals surface area contributed by atoms with Crippen LogP contribution in [0.15, 0.2) is 127 Å². The van der Waals surface area contributed by atoms with E-state index in [0.717, 1.165) is 17.8 Å². The third kappa shape index (κ3) is 5.51. The van der Waals surface area contributed by atoms with E-state index in [1.165, 1.54) is 33.5 Å². The largest absolute Gasteiger partial charge is 0.314 e. The highest BCUT2D eigenvalue weighted by Crippen LogP contribution is 2.34. The first-order valence-electron chi connectivity index (χ1n) is 11.6. The third-order valence-corrected chi connectivity index (χ3v) is 5.75. The van der Waals surface area contributed by atoms with Gasteiger partial charge < -0.3 is 4.90 Å². The minimum Gasteiger partial charge on any atom is -0.314 e. The van der Waals surface area contributed by atoms with E-state index >= 15 is 0 Å². The van der Waals surface area contributed by atoms with Crippen LogP contribution in [0.1, 0.15) is 31.4 Å². The molecule has 0 radical (unpaired) electrons. The molecule has 0 amide bonds. The van der Waals surface area contributed by atoms with Crippen LogP contribution in [0, 0.1) is 6.92 Å². The van der Waals surface area contributed by atoms with E-state index in [2.05, 4.69) is 147 Å². The third-order valence-electron chi connectivity index (χ3n) is 5.75. The van der Waals surface area contributed by atoms with Crippen LogP contribution in [-0.2, 0) is 0 Å². The van der Waals surface area contributed by atoms with Gasteiger partial charge in [0.1, 0.15) is 0 Å². The lowest BCUT2D eigenvalue weighted by atomic mass is 10.0. The van der Waals surface area contributed by atoms with Crippen LogP contribution in [0.3, 0.4) is 0 Å². The molecular weight excluding hydrogens is 398 g/mol. The Morgan fingerprint density at radius 3 is 2.00 bits per heavy atom. The summed E-state index contributed by atoms with van der Waals surface area (Å²) in [7, 11) is 0. The minimum absolute atomic E-state index is 0.988. The van der Waals surface area contributed by atoms with Gasteiger partial charge in [-0.25, -0.2) is 0 Å². The van der Waals surface area contributed by atoms with Crippen molar-refractivity contribution in [2.45, 2.75) is 27.2 Å². The highest BCUT2D eigenvalue weighted by atomic mass is 15.1. The first-order valence-corrected chi connectivity index (χ1v) is 11.6. The van der Waals surface area contributed by atoms with Crippen molar-refractivity contribution in [1.29, 1.82) is 0 Å². The molecule has 0 aliphatic rings. The highest BCUT2D eigenvalue weighted by Gasteiger charge is 2.13. The van der Waals surface area contributed by atoms with Gasteiger partial charge in [-0.1, -0.05) is 103 Å². The van der Waals surface area contributed by atoms with Gasteiger partial charge in [0.05, 0.1) is 0 Å². The predicted octanol–water partition coefficient (Wildman–Crippen LogP) is 9.20. The average Bonchev–Trinajstić information content (AvgIpc) is 2.86. The first-order chi connectivity index (χ1) is 16.2. The molecule has 0 aliphatic heterocycles. The number of rotatable bonds is 7. The van der Waals surface area contributed by atoms with Gasteiger partial charge in [-0.05, 0) is 72.9 Å². The van der Waals surface area contributed by atoms with Crippen molar-refractivity contribution >= 4 is 16.9 Å². The van der Waals surface area contributed by atoms with Gasteiger partial charge >= 0.3 is 0 Å². The summed E-state index contributed by atoms with van der Waals surface area (Å²) in [5.41, 5.74) is 9.65. The van der Waals surface area contributed by atoms with Gasteiger partial charge in [0.25, 0.3) is 0 Å². The fourth-order valence-corrected chi connectivity index (χ4v) is 4.11. The van der Waals surface area contributed by atoms with E-state index < -0.39 is 0 Å². The Morgan fingerprint density at radius 1 is 0.697 bits per heavy atom. The quantitative estimate of drug-likeness (QED) is 0.265. The van der Waals surface area contributed by atoms with E-state index in [-0.39, 0.29) is 0 Å². The van der Waals surface area contributed by atoms with Crippen LogP contribution < -0.4 is 4.90 Å². The Bertz CT molecular complexity index is 1230. The minimum atomic E-state index is 0.988. The molecule has 164 valence electrons. The normalized spacial score (nSPS) is 12.0. The number of anilines is 2.